The molecule has 0 aliphatic heterocycles. The van der Waals surface area contributed by atoms with E-state index in [1.807, 2.05) is 37.3 Å². The van der Waals surface area contributed by atoms with E-state index in [9.17, 15) is 9.90 Å². The molecule has 8 nitrogen and oxygen atoms in total. The van der Waals surface area contributed by atoms with Crippen LogP contribution in [0.4, 0.5) is 10.5 Å². The molecule has 1 amide bonds. The molecule has 170 valence electrons. The third-order valence-corrected chi connectivity index (χ3v) is 5.81. The number of hydrogen-bond donors (Lipinski definition) is 1. The average Bonchev–Trinajstić information content (AvgIpc) is 3.54. The fourth-order valence-electron chi connectivity index (χ4n) is 4.12. The zero-order valence-electron chi connectivity index (χ0n) is 18.9. The highest BCUT2D eigenvalue weighted by atomic mass is 16.5. The van der Waals surface area contributed by atoms with Gasteiger partial charge in [-0.05, 0) is 55.0 Å². The Hall–Kier alpha value is -3.26. The van der Waals surface area contributed by atoms with Gasteiger partial charge in [0.25, 0.3) is 0 Å². The number of amides is 1. The smallest absolute Gasteiger partial charge is 0.411 e. The highest BCUT2D eigenvalue weighted by Crippen LogP contribution is 2.42. The van der Waals surface area contributed by atoms with Gasteiger partial charge in [0.05, 0.1) is 49.0 Å². The van der Waals surface area contributed by atoms with Gasteiger partial charge in [0.1, 0.15) is 11.5 Å². The number of carboxylic acid groups (broad SMARTS) is 1. The lowest BCUT2D eigenvalue weighted by Crippen LogP contribution is -2.32. The standard InChI is InChI=1S/C24H29N3O5/c1-5-17-23(26(24(28)29)13-15-9-10-15)19-8-6-7-18(27(19)25-17)22-20(31-3)11-16(14-30-2)12-21(22)32-4/h6-8,11-12,15H,5,9-10,13-14H2,1-4H3,(H,28,29). The summed E-state index contributed by atoms with van der Waals surface area (Å²) in [5.41, 5.74) is 4.58. The summed E-state index contributed by atoms with van der Waals surface area (Å²) in [5.74, 6) is 1.68. The van der Waals surface area contributed by atoms with Gasteiger partial charge in [-0.1, -0.05) is 13.0 Å². The predicted octanol–water partition coefficient (Wildman–Crippen LogP) is 4.62. The molecule has 0 bridgehead atoms. The van der Waals surface area contributed by atoms with Crippen molar-refractivity contribution in [3.8, 4) is 22.8 Å². The van der Waals surface area contributed by atoms with Gasteiger partial charge in [-0.15, -0.1) is 0 Å². The van der Waals surface area contributed by atoms with Gasteiger partial charge in [-0.25, -0.2) is 9.31 Å². The van der Waals surface area contributed by atoms with E-state index in [0.717, 1.165) is 40.9 Å². The number of benzene rings is 1. The number of aromatic nitrogens is 2. The molecule has 0 atom stereocenters. The normalized spacial score (nSPS) is 13.4. The van der Waals surface area contributed by atoms with Crippen LogP contribution in [0.15, 0.2) is 30.3 Å². The van der Waals surface area contributed by atoms with Crippen molar-refractivity contribution in [2.24, 2.45) is 5.92 Å². The van der Waals surface area contributed by atoms with Crippen LogP contribution >= 0.6 is 0 Å². The quantitative estimate of drug-likeness (QED) is 0.524. The average molecular weight is 440 g/mol. The Morgan fingerprint density at radius 1 is 1.19 bits per heavy atom. The molecule has 0 unspecified atom stereocenters. The summed E-state index contributed by atoms with van der Waals surface area (Å²) in [6.45, 7) is 2.91. The molecule has 1 aliphatic rings. The van der Waals surface area contributed by atoms with E-state index >= 15 is 0 Å². The van der Waals surface area contributed by atoms with Crippen LogP contribution in [0.1, 0.15) is 31.0 Å². The summed E-state index contributed by atoms with van der Waals surface area (Å²) in [6, 6.07) is 9.59. The van der Waals surface area contributed by atoms with Crippen molar-refractivity contribution >= 4 is 17.3 Å². The Balaban J connectivity index is 1.94. The number of pyridine rings is 1. The van der Waals surface area contributed by atoms with E-state index in [1.54, 1.807) is 25.8 Å². The molecular formula is C24H29N3O5. The Morgan fingerprint density at radius 2 is 1.88 bits per heavy atom. The number of carbonyl (C=O) groups is 1. The van der Waals surface area contributed by atoms with Crippen LogP contribution in [0, 0.1) is 5.92 Å². The fourth-order valence-corrected chi connectivity index (χ4v) is 4.12. The second kappa shape index (κ2) is 9.08. The highest BCUT2D eigenvalue weighted by Gasteiger charge is 2.31. The van der Waals surface area contributed by atoms with Crippen molar-refractivity contribution in [2.75, 3.05) is 32.8 Å². The lowest BCUT2D eigenvalue weighted by atomic mass is 10.0. The van der Waals surface area contributed by atoms with Crippen LogP contribution in [-0.2, 0) is 17.8 Å². The zero-order chi connectivity index (χ0) is 22.8. The van der Waals surface area contributed by atoms with Crippen LogP contribution in [0.25, 0.3) is 16.8 Å². The first-order valence-electron chi connectivity index (χ1n) is 10.8. The Bertz CT molecular complexity index is 1110. The topological polar surface area (TPSA) is 85.5 Å². The summed E-state index contributed by atoms with van der Waals surface area (Å²) >= 11 is 0. The first kappa shape index (κ1) is 22.0. The van der Waals surface area contributed by atoms with Crippen molar-refractivity contribution in [1.82, 2.24) is 9.61 Å². The number of hydrogen-bond acceptors (Lipinski definition) is 5. The summed E-state index contributed by atoms with van der Waals surface area (Å²) in [5, 5.41) is 14.8. The lowest BCUT2D eigenvalue weighted by Gasteiger charge is -2.19. The third-order valence-electron chi connectivity index (χ3n) is 5.81. The second-order valence-electron chi connectivity index (χ2n) is 8.00. The molecule has 1 aromatic carbocycles. The Morgan fingerprint density at radius 3 is 2.41 bits per heavy atom. The predicted molar refractivity (Wildman–Crippen MR) is 122 cm³/mol. The molecule has 4 rings (SSSR count). The number of nitrogens with zero attached hydrogens (tertiary/aromatic N) is 3. The molecule has 32 heavy (non-hydrogen) atoms. The Kier molecular flexibility index (Phi) is 6.23. The maximum absolute atomic E-state index is 12.2. The number of methoxy groups -OCH3 is 3. The molecule has 3 aromatic rings. The van der Waals surface area contributed by atoms with Crippen LogP contribution in [0.5, 0.6) is 11.5 Å². The van der Waals surface area contributed by atoms with Crippen LogP contribution in [-0.4, -0.2) is 48.7 Å². The summed E-state index contributed by atoms with van der Waals surface area (Å²) < 4.78 is 18.5. The van der Waals surface area contributed by atoms with E-state index in [0.29, 0.717) is 42.7 Å². The molecule has 0 saturated heterocycles. The van der Waals surface area contributed by atoms with E-state index < -0.39 is 6.09 Å². The van der Waals surface area contributed by atoms with Gasteiger partial charge < -0.3 is 19.3 Å². The van der Waals surface area contributed by atoms with Gasteiger partial charge in [0.15, 0.2) is 0 Å². The van der Waals surface area contributed by atoms with E-state index in [-0.39, 0.29) is 0 Å². The van der Waals surface area contributed by atoms with Crippen LogP contribution in [0.3, 0.4) is 0 Å². The number of ether oxygens (including phenoxy) is 3. The van der Waals surface area contributed by atoms with Crippen molar-refractivity contribution in [2.45, 2.75) is 32.8 Å². The third kappa shape index (κ3) is 3.98. The Labute approximate surface area is 187 Å². The molecular weight excluding hydrogens is 410 g/mol. The van der Waals surface area contributed by atoms with Gasteiger partial charge >= 0.3 is 6.09 Å². The maximum atomic E-state index is 12.2. The number of aryl methyl sites for hydroxylation is 1. The van der Waals surface area contributed by atoms with Gasteiger partial charge in [0, 0.05) is 13.7 Å². The highest BCUT2D eigenvalue weighted by molar-refractivity contribution is 5.94. The minimum absolute atomic E-state index is 0.419. The fraction of sp³-hybridized carbons (Fsp3) is 0.417. The number of anilines is 1. The van der Waals surface area contributed by atoms with Gasteiger partial charge in [0.2, 0.25) is 0 Å². The SMILES string of the molecule is CCc1nn2c(-c3c(OC)cc(COC)cc3OC)cccc2c1N(CC1CC1)C(=O)O. The van der Waals surface area contributed by atoms with E-state index in [4.69, 9.17) is 19.3 Å². The van der Waals surface area contributed by atoms with E-state index in [1.165, 1.54) is 4.90 Å². The summed E-state index contributed by atoms with van der Waals surface area (Å²) in [7, 11) is 4.87. The first-order valence-corrected chi connectivity index (χ1v) is 10.8. The number of rotatable bonds is 9. The molecule has 1 saturated carbocycles. The van der Waals surface area contributed by atoms with Crippen molar-refractivity contribution in [3.63, 3.8) is 0 Å². The zero-order valence-corrected chi connectivity index (χ0v) is 18.9. The minimum Gasteiger partial charge on any atom is -0.496 e. The molecule has 1 fully saturated rings. The molecule has 1 aliphatic carbocycles. The second-order valence-corrected chi connectivity index (χ2v) is 8.00. The maximum Gasteiger partial charge on any atom is 0.411 e. The number of fused-ring (bicyclic) bond motifs is 1. The van der Waals surface area contributed by atoms with Crippen molar-refractivity contribution in [1.29, 1.82) is 0 Å². The molecule has 0 spiro atoms. The summed E-state index contributed by atoms with van der Waals surface area (Å²) in [4.78, 5) is 13.6. The minimum atomic E-state index is -0.953. The molecule has 0 radical (unpaired) electrons. The molecule has 2 aromatic heterocycles. The molecule has 2 heterocycles. The molecule has 8 heteroatoms. The van der Waals surface area contributed by atoms with Gasteiger partial charge in [-0.3, -0.25) is 4.90 Å². The van der Waals surface area contributed by atoms with Crippen molar-refractivity contribution < 1.29 is 24.1 Å². The summed E-state index contributed by atoms with van der Waals surface area (Å²) in [6.07, 6.45) is 1.80. The van der Waals surface area contributed by atoms with Gasteiger partial charge in [-0.2, -0.15) is 5.10 Å². The van der Waals surface area contributed by atoms with E-state index in [2.05, 4.69) is 0 Å². The van der Waals surface area contributed by atoms with Crippen LogP contribution < -0.4 is 14.4 Å². The first-order chi connectivity index (χ1) is 15.5. The molecule has 1 N–H and O–H groups in total. The van der Waals surface area contributed by atoms with Crippen molar-refractivity contribution in [3.05, 3.63) is 41.6 Å². The lowest BCUT2D eigenvalue weighted by molar-refractivity contribution is 0.184. The largest absolute Gasteiger partial charge is 0.496 e. The monoisotopic (exact) mass is 439 g/mol. The van der Waals surface area contributed by atoms with Crippen LogP contribution in [0.2, 0.25) is 0 Å².